The number of rotatable bonds is 16. The fourth-order valence-electron chi connectivity index (χ4n) is 3.35. The third kappa shape index (κ3) is 10.2. The molecule has 0 aliphatic carbocycles. The first-order chi connectivity index (χ1) is 20.0. The average molecular weight is 589 g/mol. The van der Waals surface area contributed by atoms with Crippen molar-refractivity contribution in [2.24, 2.45) is 22.0 Å². The van der Waals surface area contributed by atoms with Crippen molar-refractivity contribution < 1.29 is 33.6 Å². The Morgan fingerprint density at radius 1 is 0.762 bits per heavy atom. The summed E-state index contributed by atoms with van der Waals surface area (Å²) in [5, 5.41) is 30.7. The number of carbonyl (C=O) groups excluding carboxylic acids is 1. The van der Waals surface area contributed by atoms with E-state index < -0.39 is 15.9 Å². The Balaban J connectivity index is 2.12. The standard InChI is InChI=1S/C27H36N6O9/c1-17(2)7-9-41-25-13-21(32(35)36)19(11-23(25)39-5)15-28-30-27(34)31-29-16-20-12-24(40-6)26(14-22(20)33(37)38)42-10-8-18(3)4/h11-18H,7-10H2,1-6H3,(H2,30,31,34). The van der Waals surface area contributed by atoms with Gasteiger partial charge in [-0.25, -0.2) is 15.6 Å². The van der Waals surface area contributed by atoms with Gasteiger partial charge in [0.05, 0.1) is 73.0 Å². The Morgan fingerprint density at radius 2 is 1.14 bits per heavy atom. The Morgan fingerprint density at radius 3 is 1.45 bits per heavy atom. The van der Waals surface area contributed by atoms with Crippen LogP contribution in [0.3, 0.4) is 0 Å². The van der Waals surface area contributed by atoms with Crippen LogP contribution in [-0.4, -0.2) is 55.7 Å². The highest BCUT2D eigenvalue weighted by Crippen LogP contribution is 2.35. The molecular formula is C27H36N6O9. The number of nitro groups is 2. The molecule has 0 aliphatic rings. The zero-order valence-electron chi connectivity index (χ0n) is 24.4. The predicted octanol–water partition coefficient (Wildman–Crippen LogP) is 5.04. The summed E-state index contributed by atoms with van der Waals surface area (Å²) >= 11 is 0. The van der Waals surface area contributed by atoms with Gasteiger partial charge in [-0.2, -0.15) is 10.2 Å². The summed E-state index contributed by atoms with van der Waals surface area (Å²) in [6.45, 7) is 8.82. The van der Waals surface area contributed by atoms with Crippen molar-refractivity contribution in [3.05, 3.63) is 55.6 Å². The molecule has 2 aromatic carbocycles. The maximum atomic E-state index is 12.2. The van der Waals surface area contributed by atoms with Crippen LogP contribution < -0.4 is 29.8 Å². The van der Waals surface area contributed by atoms with Gasteiger partial charge in [-0.3, -0.25) is 20.2 Å². The minimum Gasteiger partial charge on any atom is -0.493 e. The smallest absolute Gasteiger partial charge is 0.355 e. The molecule has 2 rings (SSSR count). The van der Waals surface area contributed by atoms with Crippen LogP contribution >= 0.6 is 0 Å². The Kier molecular flexibility index (Phi) is 12.9. The summed E-state index contributed by atoms with van der Waals surface area (Å²) < 4.78 is 21.9. The summed E-state index contributed by atoms with van der Waals surface area (Å²) in [4.78, 5) is 34.2. The van der Waals surface area contributed by atoms with Crippen LogP contribution in [0.1, 0.15) is 51.7 Å². The normalized spacial score (nSPS) is 11.2. The molecule has 0 radical (unpaired) electrons. The lowest BCUT2D eigenvalue weighted by Gasteiger charge is -2.12. The number of nitro benzene ring substituents is 2. The van der Waals surface area contributed by atoms with Gasteiger partial charge in [0.2, 0.25) is 0 Å². The van der Waals surface area contributed by atoms with E-state index in [2.05, 4.69) is 21.1 Å². The molecule has 15 heteroatoms. The van der Waals surface area contributed by atoms with Crippen molar-refractivity contribution in [3.63, 3.8) is 0 Å². The van der Waals surface area contributed by atoms with Crippen molar-refractivity contribution >= 4 is 29.8 Å². The number of hydrogen-bond donors (Lipinski definition) is 2. The van der Waals surface area contributed by atoms with E-state index in [1.807, 2.05) is 27.7 Å². The molecule has 0 spiro atoms. The van der Waals surface area contributed by atoms with Gasteiger partial charge in [0.15, 0.2) is 23.0 Å². The lowest BCUT2D eigenvalue weighted by Crippen LogP contribution is -2.28. The summed E-state index contributed by atoms with van der Waals surface area (Å²) in [7, 11) is 2.79. The van der Waals surface area contributed by atoms with Gasteiger partial charge in [-0.1, -0.05) is 27.7 Å². The van der Waals surface area contributed by atoms with Crippen LogP contribution in [0.5, 0.6) is 23.0 Å². The number of methoxy groups -OCH3 is 2. The number of hydrazone groups is 2. The maximum absolute atomic E-state index is 12.2. The second kappa shape index (κ2) is 16.3. The minimum absolute atomic E-state index is 0.0512. The molecule has 0 unspecified atom stereocenters. The Hall–Kier alpha value is -4.95. The maximum Gasteiger partial charge on any atom is 0.355 e. The van der Waals surface area contributed by atoms with Gasteiger partial charge in [0.1, 0.15) is 0 Å². The third-order valence-corrected chi connectivity index (χ3v) is 5.66. The molecule has 2 aromatic rings. The van der Waals surface area contributed by atoms with Crippen LogP contribution in [0.2, 0.25) is 0 Å². The molecular weight excluding hydrogens is 552 g/mol. The number of carbonyl (C=O) groups is 1. The highest BCUT2D eigenvalue weighted by Gasteiger charge is 2.20. The molecule has 0 heterocycles. The first kappa shape index (κ1) is 33.3. The van der Waals surface area contributed by atoms with E-state index in [0.717, 1.165) is 25.3 Å². The van der Waals surface area contributed by atoms with Crippen molar-refractivity contribution in [3.8, 4) is 23.0 Å². The second-order valence-corrected chi connectivity index (χ2v) is 9.77. The highest BCUT2D eigenvalue weighted by molar-refractivity contribution is 5.89. The molecule has 228 valence electrons. The summed E-state index contributed by atoms with van der Waals surface area (Å²) in [5.41, 5.74) is 3.72. The molecule has 0 saturated heterocycles. The molecule has 0 fully saturated rings. The van der Waals surface area contributed by atoms with Gasteiger partial charge >= 0.3 is 6.03 Å². The number of urea groups is 1. The van der Waals surface area contributed by atoms with Crippen LogP contribution in [-0.2, 0) is 0 Å². The van der Waals surface area contributed by atoms with E-state index in [-0.39, 0.29) is 45.5 Å². The third-order valence-electron chi connectivity index (χ3n) is 5.66. The lowest BCUT2D eigenvalue weighted by atomic mass is 10.1. The van der Waals surface area contributed by atoms with Crippen LogP contribution in [0.4, 0.5) is 16.2 Å². The molecule has 15 nitrogen and oxygen atoms in total. The molecule has 2 amide bonds. The first-order valence-electron chi connectivity index (χ1n) is 13.1. The SMILES string of the molecule is COc1cc(C=NNC(=O)NN=Cc2cc(OC)c(OCCC(C)C)cc2[N+](=O)[O-])c([N+](=O)[O-])cc1OCCC(C)C. The van der Waals surface area contributed by atoms with Gasteiger partial charge in [0, 0.05) is 0 Å². The van der Waals surface area contributed by atoms with Crippen LogP contribution in [0.25, 0.3) is 0 Å². The number of nitrogens with one attached hydrogen (secondary N) is 2. The average Bonchev–Trinajstić information content (AvgIpc) is 2.92. The van der Waals surface area contributed by atoms with Crippen LogP contribution in [0.15, 0.2) is 34.5 Å². The molecule has 0 atom stereocenters. The lowest BCUT2D eigenvalue weighted by molar-refractivity contribution is -0.385. The molecule has 42 heavy (non-hydrogen) atoms. The van der Waals surface area contributed by atoms with E-state index in [0.29, 0.717) is 25.0 Å². The van der Waals surface area contributed by atoms with E-state index in [9.17, 15) is 25.0 Å². The summed E-state index contributed by atoms with van der Waals surface area (Å²) in [6.07, 6.45) is 3.63. The topological polar surface area (TPSA) is 189 Å². The molecule has 2 N–H and O–H groups in total. The fourth-order valence-corrected chi connectivity index (χ4v) is 3.35. The number of ether oxygens (including phenoxy) is 4. The quantitative estimate of drug-likeness (QED) is 0.154. The van der Waals surface area contributed by atoms with Crippen LogP contribution in [0, 0.1) is 32.1 Å². The van der Waals surface area contributed by atoms with E-state index in [1.54, 1.807) is 0 Å². The Labute approximate surface area is 243 Å². The van der Waals surface area contributed by atoms with Gasteiger partial charge in [-0.05, 0) is 36.8 Å². The number of nitrogens with zero attached hydrogens (tertiary/aromatic N) is 4. The molecule has 0 saturated carbocycles. The Bertz CT molecular complexity index is 1210. The highest BCUT2D eigenvalue weighted by atomic mass is 16.6. The zero-order chi connectivity index (χ0) is 31.2. The van der Waals surface area contributed by atoms with E-state index in [4.69, 9.17) is 18.9 Å². The van der Waals surface area contributed by atoms with E-state index in [1.165, 1.54) is 38.5 Å². The van der Waals surface area contributed by atoms with Crippen molar-refractivity contribution in [1.82, 2.24) is 10.9 Å². The zero-order valence-corrected chi connectivity index (χ0v) is 24.4. The molecule has 0 aromatic heterocycles. The minimum atomic E-state index is -0.908. The molecule has 0 aliphatic heterocycles. The monoisotopic (exact) mass is 588 g/mol. The fraction of sp³-hybridized carbons (Fsp3) is 0.444. The van der Waals surface area contributed by atoms with Crippen molar-refractivity contribution in [2.75, 3.05) is 27.4 Å². The van der Waals surface area contributed by atoms with E-state index >= 15 is 0 Å². The van der Waals surface area contributed by atoms with Gasteiger partial charge in [0.25, 0.3) is 11.4 Å². The molecule has 0 bridgehead atoms. The van der Waals surface area contributed by atoms with Crippen molar-refractivity contribution in [1.29, 1.82) is 0 Å². The second-order valence-electron chi connectivity index (χ2n) is 9.77. The summed E-state index contributed by atoms with van der Waals surface area (Å²) in [6, 6.07) is 4.29. The largest absolute Gasteiger partial charge is 0.493 e. The number of benzene rings is 2. The van der Waals surface area contributed by atoms with Crippen molar-refractivity contribution in [2.45, 2.75) is 40.5 Å². The van der Waals surface area contributed by atoms with Gasteiger partial charge < -0.3 is 18.9 Å². The number of amides is 2. The number of hydrogen-bond acceptors (Lipinski definition) is 11. The first-order valence-corrected chi connectivity index (χ1v) is 13.1. The summed E-state index contributed by atoms with van der Waals surface area (Å²) in [5.74, 6) is 1.71. The van der Waals surface area contributed by atoms with Gasteiger partial charge in [-0.15, -0.1) is 0 Å². The predicted molar refractivity (Wildman–Crippen MR) is 156 cm³/mol.